The van der Waals surface area contributed by atoms with Crippen molar-refractivity contribution < 1.29 is 4.92 Å². The molecule has 0 bridgehead atoms. The zero-order chi connectivity index (χ0) is 19.8. The first-order chi connectivity index (χ1) is 13.5. The van der Waals surface area contributed by atoms with E-state index >= 15 is 0 Å². The molecule has 0 fully saturated rings. The Morgan fingerprint density at radius 3 is 3.07 bits per heavy atom. The summed E-state index contributed by atoms with van der Waals surface area (Å²) in [6.45, 7) is 2.20. The van der Waals surface area contributed by atoms with Gasteiger partial charge in [0.15, 0.2) is 5.82 Å². The number of thiophene rings is 1. The number of hydrogen-bond donors (Lipinski definition) is 1. The second kappa shape index (κ2) is 7.02. The standard InChI is InChI=1S/C20H16N4O3S/c1-11-5-6-15-16(7-11)28-20-17(15)19(25)22-18(23-20)13(10-21)8-12-3-2-4-14(9-12)24(26)27/h2-4,8-9,11H,5-7H2,1H3,(H,22,23,25)/b13-8+/t11-/m0/s1. The number of nitro benzene ring substituents is 1. The topological polar surface area (TPSA) is 113 Å². The normalized spacial score (nSPS) is 16.6. The third-order valence-corrected chi connectivity index (χ3v) is 6.08. The van der Waals surface area contributed by atoms with E-state index in [4.69, 9.17) is 0 Å². The molecule has 0 aliphatic heterocycles. The molecule has 0 saturated carbocycles. The Morgan fingerprint density at radius 2 is 2.32 bits per heavy atom. The van der Waals surface area contributed by atoms with E-state index in [0.29, 0.717) is 21.7 Å². The lowest BCUT2D eigenvalue weighted by Gasteiger charge is -2.17. The molecule has 4 rings (SSSR count). The summed E-state index contributed by atoms with van der Waals surface area (Å²) in [4.78, 5) is 32.3. The molecule has 2 aromatic heterocycles. The third kappa shape index (κ3) is 3.21. The Labute approximate surface area is 164 Å². The fourth-order valence-corrected chi connectivity index (χ4v) is 4.91. The van der Waals surface area contributed by atoms with E-state index in [1.165, 1.54) is 34.4 Å². The van der Waals surface area contributed by atoms with E-state index in [2.05, 4.69) is 16.9 Å². The number of aromatic amines is 1. The van der Waals surface area contributed by atoms with Gasteiger partial charge in [-0.05, 0) is 42.4 Å². The van der Waals surface area contributed by atoms with Gasteiger partial charge in [-0.15, -0.1) is 11.3 Å². The fraction of sp³-hybridized carbons (Fsp3) is 0.250. The second-order valence-corrected chi connectivity index (χ2v) is 8.05. The van der Waals surface area contributed by atoms with Crippen LogP contribution in [0.5, 0.6) is 0 Å². The highest BCUT2D eigenvalue weighted by Crippen LogP contribution is 2.36. The minimum absolute atomic E-state index is 0.0667. The second-order valence-electron chi connectivity index (χ2n) is 6.97. The van der Waals surface area contributed by atoms with Crippen molar-refractivity contribution in [3.63, 3.8) is 0 Å². The predicted molar refractivity (Wildman–Crippen MR) is 108 cm³/mol. The molecule has 1 aliphatic carbocycles. The SMILES string of the molecule is C[C@H]1CCc2c(sc3nc(/C(C#N)=C/c4cccc([N+](=O)[O-])c4)[nH]c(=O)c23)C1. The number of aromatic nitrogens is 2. The monoisotopic (exact) mass is 392 g/mol. The Balaban J connectivity index is 1.81. The highest BCUT2D eigenvalue weighted by molar-refractivity contribution is 7.18. The van der Waals surface area contributed by atoms with Gasteiger partial charge in [0.25, 0.3) is 11.2 Å². The molecule has 1 N–H and O–H groups in total. The van der Waals surface area contributed by atoms with Gasteiger partial charge < -0.3 is 4.98 Å². The molecule has 0 spiro atoms. The highest BCUT2D eigenvalue weighted by Gasteiger charge is 2.23. The highest BCUT2D eigenvalue weighted by atomic mass is 32.1. The number of nitrogens with one attached hydrogen (secondary N) is 1. The predicted octanol–water partition coefficient (Wildman–Crippen LogP) is 4.08. The van der Waals surface area contributed by atoms with Gasteiger partial charge in [0.2, 0.25) is 0 Å². The van der Waals surface area contributed by atoms with Crippen LogP contribution in [0, 0.1) is 27.4 Å². The summed E-state index contributed by atoms with van der Waals surface area (Å²) in [6, 6.07) is 8.00. The summed E-state index contributed by atoms with van der Waals surface area (Å²) in [7, 11) is 0. The summed E-state index contributed by atoms with van der Waals surface area (Å²) >= 11 is 1.52. The average Bonchev–Trinajstić information content (AvgIpc) is 3.04. The van der Waals surface area contributed by atoms with Gasteiger partial charge in [-0.1, -0.05) is 19.1 Å². The molecule has 1 aliphatic rings. The summed E-state index contributed by atoms with van der Waals surface area (Å²) in [6.07, 6.45) is 4.36. The van der Waals surface area contributed by atoms with Gasteiger partial charge in [0.1, 0.15) is 10.9 Å². The van der Waals surface area contributed by atoms with Gasteiger partial charge >= 0.3 is 0 Å². The first-order valence-electron chi connectivity index (χ1n) is 8.87. The molecule has 0 amide bonds. The number of rotatable bonds is 3. The molecule has 140 valence electrons. The van der Waals surface area contributed by atoms with E-state index in [1.807, 2.05) is 6.07 Å². The quantitative estimate of drug-likeness (QED) is 0.410. The number of H-pyrrole nitrogens is 1. The lowest BCUT2D eigenvalue weighted by molar-refractivity contribution is -0.384. The molecule has 0 radical (unpaired) electrons. The first kappa shape index (κ1) is 18.1. The van der Waals surface area contributed by atoms with E-state index < -0.39 is 4.92 Å². The Morgan fingerprint density at radius 1 is 1.50 bits per heavy atom. The number of fused-ring (bicyclic) bond motifs is 3. The fourth-order valence-electron chi connectivity index (χ4n) is 3.52. The number of hydrogen-bond acceptors (Lipinski definition) is 6. The van der Waals surface area contributed by atoms with Crippen LogP contribution in [0.1, 0.15) is 35.2 Å². The molecule has 1 atom stereocenters. The summed E-state index contributed by atoms with van der Waals surface area (Å²) in [5.41, 5.74) is 1.42. The first-order valence-corrected chi connectivity index (χ1v) is 9.69. The number of nitriles is 1. The van der Waals surface area contributed by atoms with Crippen molar-refractivity contribution >= 4 is 38.9 Å². The van der Waals surface area contributed by atoms with Crippen LogP contribution in [0.4, 0.5) is 5.69 Å². The van der Waals surface area contributed by atoms with Crippen molar-refractivity contribution in [1.82, 2.24) is 9.97 Å². The number of nitrogens with zero attached hydrogens (tertiary/aromatic N) is 3. The van der Waals surface area contributed by atoms with Crippen LogP contribution in [0.25, 0.3) is 21.9 Å². The van der Waals surface area contributed by atoms with Gasteiger partial charge in [-0.2, -0.15) is 5.26 Å². The lowest BCUT2D eigenvalue weighted by atomic mass is 9.89. The molecule has 8 heteroatoms. The van der Waals surface area contributed by atoms with Gasteiger partial charge in [-0.3, -0.25) is 14.9 Å². The van der Waals surface area contributed by atoms with Crippen LogP contribution >= 0.6 is 11.3 Å². The van der Waals surface area contributed by atoms with E-state index in [-0.39, 0.29) is 22.6 Å². The van der Waals surface area contributed by atoms with Crippen LogP contribution in [0.15, 0.2) is 29.1 Å². The minimum Gasteiger partial charge on any atom is -0.305 e. The van der Waals surface area contributed by atoms with E-state index in [0.717, 1.165) is 24.8 Å². The van der Waals surface area contributed by atoms with Crippen LogP contribution in [-0.4, -0.2) is 14.9 Å². The maximum absolute atomic E-state index is 12.7. The zero-order valence-electron chi connectivity index (χ0n) is 15.1. The number of aryl methyl sites for hydroxylation is 1. The van der Waals surface area contributed by atoms with Crippen molar-refractivity contribution in [2.24, 2.45) is 5.92 Å². The smallest absolute Gasteiger partial charge is 0.270 e. The van der Waals surface area contributed by atoms with Crippen molar-refractivity contribution in [3.8, 4) is 6.07 Å². The van der Waals surface area contributed by atoms with Crippen molar-refractivity contribution in [2.75, 3.05) is 0 Å². The number of non-ortho nitro benzene ring substituents is 1. The van der Waals surface area contributed by atoms with E-state index in [9.17, 15) is 20.2 Å². The molecule has 0 saturated heterocycles. The molecule has 2 heterocycles. The van der Waals surface area contributed by atoms with Gasteiger partial charge in [0.05, 0.1) is 15.9 Å². The van der Waals surface area contributed by atoms with Crippen molar-refractivity contribution in [1.29, 1.82) is 5.26 Å². The Bertz CT molecular complexity index is 1230. The summed E-state index contributed by atoms with van der Waals surface area (Å²) in [5.74, 6) is 0.765. The molecule has 3 aromatic rings. The molecular weight excluding hydrogens is 376 g/mol. The minimum atomic E-state index is -0.493. The van der Waals surface area contributed by atoms with Crippen LogP contribution in [0.3, 0.4) is 0 Å². The maximum atomic E-state index is 12.7. The molecule has 1 aromatic carbocycles. The van der Waals surface area contributed by atoms with Gasteiger partial charge in [-0.25, -0.2) is 4.98 Å². The number of nitro groups is 1. The third-order valence-electron chi connectivity index (χ3n) is 4.93. The summed E-state index contributed by atoms with van der Waals surface area (Å²) in [5, 5.41) is 21.1. The van der Waals surface area contributed by atoms with Crippen LogP contribution < -0.4 is 5.56 Å². The Kier molecular flexibility index (Phi) is 4.53. The zero-order valence-corrected chi connectivity index (χ0v) is 15.9. The number of benzene rings is 1. The molecule has 7 nitrogen and oxygen atoms in total. The van der Waals surface area contributed by atoms with Crippen LogP contribution in [-0.2, 0) is 12.8 Å². The van der Waals surface area contributed by atoms with Crippen molar-refractivity contribution in [3.05, 3.63) is 66.6 Å². The molecule has 0 unspecified atom stereocenters. The van der Waals surface area contributed by atoms with Crippen LogP contribution in [0.2, 0.25) is 0 Å². The summed E-state index contributed by atoms with van der Waals surface area (Å²) < 4.78 is 0. The largest absolute Gasteiger partial charge is 0.305 e. The molecular formula is C20H16N4O3S. The van der Waals surface area contributed by atoms with Gasteiger partial charge in [0, 0.05) is 17.0 Å². The maximum Gasteiger partial charge on any atom is 0.270 e. The Hall–Kier alpha value is -3.31. The van der Waals surface area contributed by atoms with Crippen molar-refractivity contribution in [2.45, 2.75) is 26.2 Å². The van der Waals surface area contributed by atoms with E-state index in [1.54, 1.807) is 12.1 Å². The lowest BCUT2D eigenvalue weighted by Crippen LogP contribution is -2.14. The molecule has 28 heavy (non-hydrogen) atoms. The average molecular weight is 392 g/mol. The number of allylic oxidation sites excluding steroid dienone is 1.